The molecule has 10 heteroatoms. The molecule has 146 valence electrons. The number of hydrogen-bond acceptors (Lipinski definition) is 4. The van der Waals surface area contributed by atoms with Gasteiger partial charge in [0.15, 0.2) is 0 Å². The summed E-state index contributed by atoms with van der Waals surface area (Å²) in [5.74, 6) is -0.151. The van der Waals surface area contributed by atoms with Crippen molar-refractivity contribution in [3.8, 4) is 0 Å². The quantitative estimate of drug-likeness (QED) is 0.680. The van der Waals surface area contributed by atoms with E-state index < -0.39 is 10.0 Å². The number of sulfonamides is 1. The predicted octanol–water partition coefficient (Wildman–Crippen LogP) is 3.02. The van der Waals surface area contributed by atoms with Gasteiger partial charge in [-0.3, -0.25) is 9.89 Å². The molecule has 1 saturated heterocycles. The Bertz CT molecular complexity index is 1150. The zero-order valence-corrected chi connectivity index (χ0v) is 16.9. The Labute approximate surface area is 171 Å². The van der Waals surface area contributed by atoms with Gasteiger partial charge in [0.25, 0.3) is 5.91 Å². The van der Waals surface area contributed by atoms with E-state index in [9.17, 15) is 13.2 Å². The number of halogens is 2. The summed E-state index contributed by atoms with van der Waals surface area (Å²) in [6.45, 7) is 0.994. The van der Waals surface area contributed by atoms with Crippen LogP contribution in [-0.4, -0.2) is 59.9 Å². The fourth-order valence-corrected chi connectivity index (χ4v) is 5.05. The number of carbonyl (C=O) groups excluding carboxylic acids is 1. The summed E-state index contributed by atoms with van der Waals surface area (Å²) in [7, 11) is -3.70. The van der Waals surface area contributed by atoms with Crippen molar-refractivity contribution in [3.05, 3.63) is 58.2 Å². The molecule has 0 bridgehead atoms. The first-order valence-corrected chi connectivity index (χ1v) is 10.7. The summed E-state index contributed by atoms with van der Waals surface area (Å²) in [6.07, 6.45) is 1.66. The van der Waals surface area contributed by atoms with Crippen molar-refractivity contribution in [2.75, 3.05) is 26.2 Å². The van der Waals surface area contributed by atoms with Crippen LogP contribution in [0.15, 0.2) is 47.5 Å². The standard InChI is InChI=1S/C18H16Cl2N4O3S/c19-15-5-4-13(10-16(15)20)28(26,27)24-8-6-23(7-9-24)18(25)14-3-1-2-12-11-21-22-17(12)14/h1-5,10-11H,6-9H2,(H,21,22). The molecule has 2 heterocycles. The van der Waals surface area contributed by atoms with Crippen molar-refractivity contribution < 1.29 is 13.2 Å². The molecule has 28 heavy (non-hydrogen) atoms. The minimum Gasteiger partial charge on any atom is -0.336 e. The summed E-state index contributed by atoms with van der Waals surface area (Å²) < 4.78 is 27.0. The number of rotatable bonds is 3. The normalized spacial score (nSPS) is 15.9. The number of benzene rings is 2. The number of hydrogen-bond donors (Lipinski definition) is 1. The highest BCUT2D eigenvalue weighted by atomic mass is 35.5. The molecule has 4 rings (SSSR count). The van der Waals surface area contributed by atoms with Crippen LogP contribution in [0.1, 0.15) is 10.4 Å². The molecule has 1 aliphatic rings. The van der Waals surface area contributed by atoms with Gasteiger partial charge in [-0.1, -0.05) is 35.3 Å². The number of para-hydroxylation sites is 1. The lowest BCUT2D eigenvalue weighted by Crippen LogP contribution is -2.50. The van der Waals surface area contributed by atoms with E-state index in [1.807, 2.05) is 6.07 Å². The van der Waals surface area contributed by atoms with Crippen LogP contribution in [-0.2, 0) is 10.0 Å². The molecular weight excluding hydrogens is 423 g/mol. The Kier molecular flexibility index (Phi) is 5.05. The molecule has 0 unspecified atom stereocenters. The van der Waals surface area contributed by atoms with Crippen molar-refractivity contribution in [1.29, 1.82) is 0 Å². The maximum Gasteiger partial charge on any atom is 0.256 e. The highest BCUT2D eigenvalue weighted by Crippen LogP contribution is 2.27. The van der Waals surface area contributed by atoms with Crippen molar-refractivity contribution in [1.82, 2.24) is 19.4 Å². The van der Waals surface area contributed by atoms with E-state index in [1.165, 1.54) is 22.5 Å². The molecule has 7 nitrogen and oxygen atoms in total. The maximum atomic E-state index is 12.9. The second kappa shape index (κ2) is 7.36. The zero-order valence-electron chi connectivity index (χ0n) is 14.6. The SMILES string of the molecule is O=C(c1cccc2cn[nH]c12)N1CCN(S(=O)(=O)c2ccc(Cl)c(Cl)c2)CC1. The average Bonchev–Trinajstić information content (AvgIpc) is 3.18. The maximum absolute atomic E-state index is 12.9. The van der Waals surface area contributed by atoms with E-state index in [2.05, 4.69) is 10.2 Å². The molecule has 1 N–H and O–H groups in total. The van der Waals surface area contributed by atoms with Crippen LogP contribution >= 0.6 is 23.2 Å². The minimum atomic E-state index is -3.70. The highest BCUT2D eigenvalue weighted by molar-refractivity contribution is 7.89. The van der Waals surface area contributed by atoms with Crippen LogP contribution in [0.5, 0.6) is 0 Å². The molecule has 0 aliphatic carbocycles. The van der Waals surface area contributed by atoms with Gasteiger partial charge in [-0.2, -0.15) is 9.40 Å². The largest absolute Gasteiger partial charge is 0.336 e. The van der Waals surface area contributed by atoms with Crippen LogP contribution in [0.3, 0.4) is 0 Å². The van der Waals surface area contributed by atoms with Gasteiger partial charge in [-0.05, 0) is 24.3 Å². The summed E-state index contributed by atoms with van der Waals surface area (Å²) in [6, 6.07) is 9.65. The van der Waals surface area contributed by atoms with Crippen molar-refractivity contribution >= 4 is 50.0 Å². The van der Waals surface area contributed by atoms with Gasteiger partial charge in [0, 0.05) is 31.6 Å². The van der Waals surface area contributed by atoms with Crippen LogP contribution < -0.4 is 0 Å². The second-order valence-corrected chi connectivity index (χ2v) is 9.16. The summed E-state index contributed by atoms with van der Waals surface area (Å²) in [5, 5.41) is 8.16. The Morgan fingerprint density at radius 3 is 2.50 bits per heavy atom. The summed E-state index contributed by atoms with van der Waals surface area (Å²) in [4.78, 5) is 14.6. The predicted molar refractivity (Wildman–Crippen MR) is 107 cm³/mol. The molecule has 1 fully saturated rings. The third-order valence-corrected chi connectivity index (χ3v) is 7.40. The van der Waals surface area contributed by atoms with E-state index in [0.29, 0.717) is 29.2 Å². The molecule has 0 spiro atoms. The second-order valence-electron chi connectivity index (χ2n) is 6.41. The Balaban J connectivity index is 1.50. The molecule has 2 aromatic carbocycles. The Morgan fingerprint density at radius 1 is 1.04 bits per heavy atom. The number of carbonyl (C=O) groups is 1. The molecule has 1 aromatic heterocycles. The molecule has 0 atom stereocenters. The van der Waals surface area contributed by atoms with Crippen LogP contribution in [0.2, 0.25) is 10.0 Å². The molecular formula is C18H16Cl2N4O3S. The number of H-pyrrole nitrogens is 1. The fraction of sp³-hybridized carbons (Fsp3) is 0.222. The monoisotopic (exact) mass is 438 g/mol. The smallest absolute Gasteiger partial charge is 0.256 e. The average molecular weight is 439 g/mol. The lowest BCUT2D eigenvalue weighted by molar-refractivity contribution is 0.0699. The van der Waals surface area contributed by atoms with Crippen molar-refractivity contribution in [2.24, 2.45) is 0 Å². The van der Waals surface area contributed by atoms with Crippen LogP contribution in [0.25, 0.3) is 10.9 Å². The third-order valence-electron chi connectivity index (χ3n) is 4.76. The number of nitrogens with zero attached hydrogens (tertiary/aromatic N) is 3. The first kappa shape index (κ1) is 19.2. The number of nitrogens with one attached hydrogen (secondary N) is 1. The van der Waals surface area contributed by atoms with Gasteiger partial charge >= 0.3 is 0 Å². The zero-order chi connectivity index (χ0) is 19.9. The van der Waals surface area contributed by atoms with Crippen molar-refractivity contribution in [2.45, 2.75) is 4.90 Å². The van der Waals surface area contributed by atoms with Gasteiger partial charge in [0.1, 0.15) is 0 Å². The van der Waals surface area contributed by atoms with E-state index in [-0.39, 0.29) is 28.9 Å². The van der Waals surface area contributed by atoms with E-state index in [4.69, 9.17) is 23.2 Å². The van der Waals surface area contributed by atoms with Crippen LogP contribution in [0.4, 0.5) is 0 Å². The molecule has 0 radical (unpaired) electrons. The fourth-order valence-electron chi connectivity index (χ4n) is 3.24. The van der Waals surface area contributed by atoms with Crippen molar-refractivity contribution in [3.63, 3.8) is 0 Å². The minimum absolute atomic E-state index is 0.0869. The topological polar surface area (TPSA) is 86.4 Å². The number of aromatic nitrogens is 2. The molecule has 3 aromatic rings. The summed E-state index contributed by atoms with van der Waals surface area (Å²) in [5.41, 5.74) is 1.20. The molecule has 1 aliphatic heterocycles. The third kappa shape index (κ3) is 3.37. The number of piperazine rings is 1. The van der Waals surface area contributed by atoms with Gasteiger partial charge in [0.2, 0.25) is 10.0 Å². The first-order chi connectivity index (χ1) is 13.4. The highest BCUT2D eigenvalue weighted by Gasteiger charge is 2.31. The number of fused-ring (bicyclic) bond motifs is 1. The Morgan fingerprint density at radius 2 is 1.79 bits per heavy atom. The van der Waals surface area contributed by atoms with E-state index >= 15 is 0 Å². The van der Waals surface area contributed by atoms with Gasteiger partial charge in [-0.15, -0.1) is 0 Å². The number of amides is 1. The van der Waals surface area contributed by atoms with Gasteiger partial charge in [-0.25, -0.2) is 8.42 Å². The summed E-state index contributed by atoms with van der Waals surface area (Å²) >= 11 is 11.8. The van der Waals surface area contributed by atoms with Crippen LogP contribution in [0, 0.1) is 0 Å². The first-order valence-electron chi connectivity index (χ1n) is 8.54. The molecule has 1 amide bonds. The van der Waals surface area contributed by atoms with E-state index in [0.717, 1.165) is 5.39 Å². The lowest BCUT2D eigenvalue weighted by Gasteiger charge is -2.34. The molecule has 0 saturated carbocycles. The van der Waals surface area contributed by atoms with E-state index in [1.54, 1.807) is 23.2 Å². The lowest BCUT2D eigenvalue weighted by atomic mass is 10.1. The van der Waals surface area contributed by atoms with Gasteiger partial charge in [0.05, 0.1) is 32.2 Å². The number of aromatic amines is 1. The Hall–Kier alpha value is -2.13. The van der Waals surface area contributed by atoms with Gasteiger partial charge < -0.3 is 4.90 Å².